The molecule has 1 N–H and O–H groups in total. The number of hydrogen-bond acceptors (Lipinski definition) is 7. The third-order valence-corrected chi connectivity index (χ3v) is 7.30. The third-order valence-electron chi connectivity index (χ3n) is 6.23. The first kappa shape index (κ1) is 28.0. The molecule has 2 aliphatic rings. The number of likely N-dealkylation sites (tertiary alicyclic amines) is 1. The lowest BCUT2D eigenvalue weighted by atomic mass is 10.1. The van der Waals surface area contributed by atoms with Crippen LogP contribution in [0.5, 0.6) is 0 Å². The Morgan fingerprint density at radius 2 is 1.97 bits per heavy atom. The molecule has 208 valence electrons. The van der Waals surface area contributed by atoms with Crippen LogP contribution in [0.15, 0.2) is 12.3 Å². The topological polar surface area (TPSA) is 84.4 Å². The number of thiazole rings is 1. The normalized spacial score (nSPS) is 20.1. The first-order chi connectivity index (χ1) is 17.7. The summed E-state index contributed by atoms with van der Waals surface area (Å²) in [4.78, 5) is 33.9. The lowest BCUT2D eigenvalue weighted by molar-refractivity contribution is -0.146. The Kier molecular flexibility index (Phi) is 7.60. The number of ether oxygens (including phenoxy) is 1. The van der Waals surface area contributed by atoms with Crippen molar-refractivity contribution in [3.8, 4) is 10.4 Å². The number of carbonyl (C=O) groups is 2. The summed E-state index contributed by atoms with van der Waals surface area (Å²) in [5.41, 5.74) is -1.67. The fraction of sp³-hybridized carbons (Fsp3) is 0.565. The Bertz CT molecular complexity index is 1220. The van der Waals surface area contributed by atoms with E-state index >= 15 is 0 Å². The average Bonchev–Trinajstić information content (AvgIpc) is 3.48. The van der Waals surface area contributed by atoms with Crippen molar-refractivity contribution in [1.29, 1.82) is 0 Å². The van der Waals surface area contributed by atoms with Crippen LogP contribution in [0.2, 0.25) is 0 Å². The smallest absolute Gasteiger partial charge is 0.408 e. The number of aromatic nitrogens is 2. The molecule has 15 heteroatoms. The molecule has 4 rings (SSSR count). The van der Waals surface area contributed by atoms with Crippen LogP contribution in [0.4, 0.5) is 36.6 Å². The van der Waals surface area contributed by atoms with Gasteiger partial charge in [-0.15, -0.1) is 11.3 Å². The number of alkyl halides is 7. The molecule has 0 radical (unpaired) electrons. The number of nitrogens with one attached hydrogen (secondary N) is 1. The molecule has 2 fully saturated rings. The standard InChI is InChI=1S/C23H23F7N4O3S/c1-3-37-21(36)19-33-15(20(35)34-9-22(26,27)7-10(34)2)16(38-19)13-8-31-14(6-12(13)18(24)25)32-17(11-4-5-11)23(28,29)30/h6,8,10-11,17-18H,3-5,7,9H2,1-2H3,(H,31,32)/t10-,17?/m0/s1. The molecule has 0 spiro atoms. The molecule has 1 aliphatic carbocycles. The molecule has 2 atom stereocenters. The van der Waals surface area contributed by atoms with Crippen molar-refractivity contribution in [1.82, 2.24) is 14.9 Å². The van der Waals surface area contributed by atoms with Crippen molar-refractivity contribution >= 4 is 29.0 Å². The molecule has 1 saturated carbocycles. The number of rotatable bonds is 8. The minimum absolute atomic E-state index is 0.0576. The number of hydrogen-bond donors (Lipinski definition) is 1. The third kappa shape index (κ3) is 5.86. The highest BCUT2D eigenvalue weighted by molar-refractivity contribution is 7.17. The Morgan fingerprint density at radius 1 is 1.29 bits per heavy atom. The molecule has 0 bridgehead atoms. The summed E-state index contributed by atoms with van der Waals surface area (Å²) in [7, 11) is 0. The minimum Gasteiger partial charge on any atom is -0.461 e. The van der Waals surface area contributed by atoms with Gasteiger partial charge in [-0.3, -0.25) is 4.79 Å². The van der Waals surface area contributed by atoms with Crippen LogP contribution in [-0.4, -0.2) is 64.1 Å². The van der Waals surface area contributed by atoms with Crippen molar-refractivity contribution in [2.75, 3.05) is 18.5 Å². The molecule has 1 aliphatic heterocycles. The van der Waals surface area contributed by atoms with E-state index < -0.39 is 78.4 Å². The van der Waals surface area contributed by atoms with Crippen LogP contribution < -0.4 is 5.32 Å². The van der Waals surface area contributed by atoms with Crippen molar-refractivity contribution in [2.24, 2.45) is 5.92 Å². The number of esters is 1. The Balaban J connectivity index is 1.76. The maximum Gasteiger partial charge on any atom is 0.408 e. The largest absolute Gasteiger partial charge is 0.461 e. The van der Waals surface area contributed by atoms with Gasteiger partial charge in [-0.25, -0.2) is 32.3 Å². The number of anilines is 1. The highest BCUT2D eigenvalue weighted by atomic mass is 32.1. The van der Waals surface area contributed by atoms with Crippen molar-refractivity contribution in [3.05, 3.63) is 28.5 Å². The maximum atomic E-state index is 14.1. The molecule has 2 aromatic heterocycles. The molecule has 0 aromatic carbocycles. The van der Waals surface area contributed by atoms with Gasteiger partial charge in [-0.05, 0) is 38.7 Å². The number of amides is 1. The molecule has 1 amide bonds. The van der Waals surface area contributed by atoms with Crippen LogP contribution in [0.1, 0.15) is 65.4 Å². The monoisotopic (exact) mass is 568 g/mol. The van der Waals surface area contributed by atoms with Crippen LogP contribution >= 0.6 is 11.3 Å². The fourth-order valence-corrected chi connectivity index (χ4v) is 5.31. The van der Waals surface area contributed by atoms with Crippen LogP contribution in [0.3, 0.4) is 0 Å². The lowest BCUT2D eigenvalue weighted by Gasteiger charge is -2.23. The predicted octanol–water partition coefficient (Wildman–Crippen LogP) is 5.94. The van der Waals surface area contributed by atoms with Crippen LogP contribution in [0.25, 0.3) is 10.4 Å². The van der Waals surface area contributed by atoms with Gasteiger partial charge in [0.25, 0.3) is 18.3 Å². The van der Waals surface area contributed by atoms with Gasteiger partial charge in [0, 0.05) is 29.8 Å². The SMILES string of the molecule is CCOC(=O)c1nc(C(=O)N2CC(F)(F)C[C@@H]2C)c(-c2cnc(NC(C3CC3)C(F)(F)F)cc2C(F)F)s1. The van der Waals surface area contributed by atoms with Gasteiger partial charge in [-0.2, -0.15) is 13.2 Å². The Morgan fingerprint density at radius 3 is 2.50 bits per heavy atom. The van der Waals surface area contributed by atoms with Crippen LogP contribution in [-0.2, 0) is 4.74 Å². The molecular weight excluding hydrogens is 545 g/mol. The molecule has 38 heavy (non-hydrogen) atoms. The van der Waals surface area contributed by atoms with E-state index in [2.05, 4.69) is 15.3 Å². The van der Waals surface area contributed by atoms with Crippen LogP contribution in [0, 0.1) is 5.92 Å². The maximum absolute atomic E-state index is 14.1. The van der Waals surface area contributed by atoms with Crippen molar-refractivity contribution in [2.45, 2.75) is 63.7 Å². The number of pyridine rings is 1. The van der Waals surface area contributed by atoms with Gasteiger partial charge >= 0.3 is 12.1 Å². The number of halogens is 7. The molecule has 1 unspecified atom stereocenters. The summed E-state index contributed by atoms with van der Waals surface area (Å²) in [5.74, 6) is -6.29. The second-order valence-electron chi connectivity index (χ2n) is 9.22. The zero-order valence-electron chi connectivity index (χ0n) is 20.1. The lowest BCUT2D eigenvalue weighted by Crippen LogP contribution is -2.38. The quantitative estimate of drug-likeness (QED) is 0.314. The van der Waals surface area contributed by atoms with Gasteiger partial charge in [0.15, 0.2) is 0 Å². The van der Waals surface area contributed by atoms with E-state index in [1.54, 1.807) is 0 Å². The molecule has 7 nitrogen and oxygen atoms in total. The van der Waals surface area contributed by atoms with E-state index in [-0.39, 0.29) is 22.1 Å². The fourth-order valence-electron chi connectivity index (χ4n) is 4.32. The van der Waals surface area contributed by atoms with Crippen molar-refractivity contribution in [3.63, 3.8) is 0 Å². The van der Waals surface area contributed by atoms with E-state index in [9.17, 15) is 40.3 Å². The summed E-state index contributed by atoms with van der Waals surface area (Å²) in [6.07, 6.45) is -6.96. The highest BCUT2D eigenvalue weighted by Gasteiger charge is 2.49. The first-order valence-electron chi connectivity index (χ1n) is 11.7. The van der Waals surface area contributed by atoms with E-state index in [0.29, 0.717) is 24.2 Å². The van der Waals surface area contributed by atoms with E-state index in [1.165, 1.54) is 13.8 Å². The van der Waals surface area contributed by atoms with E-state index in [0.717, 1.165) is 17.2 Å². The zero-order chi connectivity index (χ0) is 28.0. The second-order valence-corrected chi connectivity index (χ2v) is 10.2. The second kappa shape index (κ2) is 10.3. The van der Waals surface area contributed by atoms with E-state index in [1.807, 2.05) is 0 Å². The van der Waals surface area contributed by atoms with Gasteiger partial charge in [-0.1, -0.05) is 0 Å². The summed E-state index contributed by atoms with van der Waals surface area (Å²) < 4.78 is 101. The first-order valence-corrected chi connectivity index (χ1v) is 12.5. The minimum atomic E-state index is -4.63. The molecule has 2 aromatic rings. The Labute approximate surface area is 216 Å². The average molecular weight is 569 g/mol. The zero-order valence-corrected chi connectivity index (χ0v) is 20.9. The van der Waals surface area contributed by atoms with Crippen molar-refractivity contribution < 1.29 is 45.1 Å². The van der Waals surface area contributed by atoms with Gasteiger partial charge in [0.2, 0.25) is 5.01 Å². The van der Waals surface area contributed by atoms with Gasteiger partial charge in [0.1, 0.15) is 17.6 Å². The summed E-state index contributed by atoms with van der Waals surface area (Å²) in [5, 5.41) is 1.80. The summed E-state index contributed by atoms with van der Waals surface area (Å²) >= 11 is 0.525. The highest BCUT2D eigenvalue weighted by Crippen LogP contribution is 2.43. The number of carbonyl (C=O) groups excluding carboxylic acids is 2. The van der Waals surface area contributed by atoms with Gasteiger partial charge < -0.3 is 15.0 Å². The Hall–Kier alpha value is -2.97. The summed E-state index contributed by atoms with van der Waals surface area (Å²) in [6.45, 7) is 1.91. The number of nitrogens with zero attached hydrogens (tertiary/aromatic N) is 3. The molecular formula is C23H23F7N4O3S. The summed E-state index contributed by atoms with van der Waals surface area (Å²) in [6, 6.07) is -2.13. The molecule has 1 saturated heterocycles. The molecule has 3 heterocycles. The van der Waals surface area contributed by atoms with Gasteiger partial charge in [0.05, 0.1) is 18.0 Å². The predicted molar refractivity (Wildman–Crippen MR) is 123 cm³/mol. The van der Waals surface area contributed by atoms with E-state index in [4.69, 9.17) is 4.74 Å².